The van der Waals surface area contributed by atoms with Gasteiger partial charge in [0.1, 0.15) is 5.69 Å². The zero-order valence-corrected chi connectivity index (χ0v) is 19.3. The first-order valence-corrected chi connectivity index (χ1v) is 11.4. The van der Waals surface area contributed by atoms with Crippen molar-refractivity contribution in [1.82, 2.24) is 4.98 Å². The maximum atomic E-state index is 11.7. The van der Waals surface area contributed by atoms with Crippen molar-refractivity contribution in [2.75, 3.05) is 14.2 Å². The summed E-state index contributed by atoms with van der Waals surface area (Å²) in [5.41, 5.74) is 2.92. The van der Waals surface area contributed by atoms with Gasteiger partial charge in [-0.1, -0.05) is 86.3 Å². The fourth-order valence-corrected chi connectivity index (χ4v) is 3.82. The van der Waals surface area contributed by atoms with E-state index in [9.17, 15) is 9.59 Å². The minimum absolute atomic E-state index is 0.444. The Hall–Kier alpha value is -3.41. The highest BCUT2D eigenvalue weighted by molar-refractivity contribution is 5.94. The van der Waals surface area contributed by atoms with E-state index >= 15 is 0 Å². The number of carbonyl (C=O) groups is 2. The van der Waals surface area contributed by atoms with Crippen molar-refractivity contribution in [3.05, 3.63) is 66.6 Å². The van der Waals surface area contributed by atoms with E-state index in [2.05, 4.69) is 0 Å². The molecule has 0 atom stereocenters. The summed E-state index contributed by atoms with van der Waals surface area (Å²) in [4.78, 5) is 28.3. The van der Waals surface area contributed by atoms with Gasteiger partial charge in [0.15, 0.2) is 17.6 Å². The number of esters is 2. The molecule has 0 saturated carbocycles. The van der Waals surface area contributed by atoms with Crippen LogP contribution in [-0.4, -0.2) is 31.1 Å². The molecule has 0 bridgehead atoms. The van der Waals surface area contributed by atoms with E-state index < -0.39 is 17.9 Å². The lowest BCUT2D eigenvalue weighted by atomic mass is 10.0. The van der Waals surface area contributed by atoms with Crippen LogP contribution in [0.3, 0.4) is 0 Å². The van der Waals surface area contributed by atoms with Crippen LogP contribution in [0.4, 0.5) is 0 Å². The van der Waals surface area contributed by atoms with Crippen LogP contribution in [0.5, 0.6) is 0 Å². The Kier molecular flexibility index (Phi) is 9.24. The van der Waals surface area contributed by atoms with Crippen LogP contribution < -0.4 is 0 Å². The number of methoxy groups -OCH3 is 2. The SMILES string of the molecule is COC(=O)C(CCCCCCCc1nc(-c2ccccc2)c(-c2ccccc2)o1)C(=O)OC. The minimum Gasteiger partial charge on any atom is -0.468 e. The number of carbonyl (C=O) groups excluding carboxylic acids is 2. The molecular weight excluding hydrogens is 418 g/mol. The molecule has 0 aliphatic rings. The van der Waals surface area contributed by atoms with Crippen LogP contribution in [0.25, 0.3) is 22.6 Å². The molecule has 0 aliphatic carbocycles. The van der Waals surface area contributed by atoms with Crippen molar-refractivity contribution in [1.29, 1.82) is 0 Å². The highest BCUT2D eigenvalue weighted by atomic mass is 16.5. The first-order chi connectivity index (χ1) is 16.1. The minimum atomic E-state index is -0.833. The summed E-state index contributed by atoms with van der Waals surface area (Å²) in [7, 11) is 2.57. The van der Waals surface area contributed by atoms with Gasteiger partial charge in [0.2, 0.25) is 0 Å². The molecule has 0 N–H and O–H groups in total. The highest BCUT2D eigenvalue weighted by Gasteiger charge is 2.27. The largest absolute Gasteiger partial charge is 0.468 e. The molecular formula is C27H31NO5. The molecule has 3 aromatic rings. The van der Waals surface area contributed by atoms with E-state index in [0.717, 1.165) is 67.0 Å². The Labute approximate surface area is 194 Å². The zero-order valence-electron chi connectivity index (χ0n) is 19.3. The Bertz CT molecular complexity index is 941. The molecule has 6 heteroatoms. The van der Waals surface area contributed by atoms with Crippen LogP contribution in [-0.2, 0) is 25.5 Å². The van der Waals surface area contributed by atoms with Crippen molar-refractivity contribution in [3.8, 4) is 22.6 Å². The number of rotatable bonds is 12. The van der Waals surface area contributed by atoms with Crippen LogP contribution in [0.2, 0.25) is 0 Å². The van der Waals surface area contributed by atoms with E-state index in [4.69, 9.17) is 18.9 Å². The van der Waals surface area contributed by atoms with Gasteiger partial charge < -0.3 is 13.9 Å². The molecule has 1 aromatic heterocycles. The quantitative estimate of drug-likeness (QED) is 0.196. The van der Waals surface area contributed by atoms with Gasteiger partial charge >= 0.3 is 11.9 Å². The number of aryl methyl sites for hydroxylation is 1. The molecule has 33 heavy (non-hydrogen) atoms. The first kappa shape index (κ1) is 24.2. The van der Waals surface area contributed by atoms with E-state index in [1.165, 1.54) is 14.2 Å². The van der Waals surface area contributed by atoms with Crippen LogP contribution >= 0.6 is 0 Å². The third kappa shape index (κ3) is 6.78. The maximum absolute atomic E-state index is 11.7. The molecule has 174 valence electrons. The third-order valence-electron chi connectivity index (χ3n) is 5.61. The Morgan fingerprint density at radius 1 is 0.788 bits per heavy atom. The molecule has 0 saturated heterocycles. The van der Waals surface area contributed by atoms with Gasteiger partial charge in [-0.25, -0.2) is 4.98 Å². The summed E-state index contributed by atoms with van der Waals surface area (Å²) in [5.74, 6) is -0.360. The smallest absolute Gasteiger partial charge is 0.320 e. The molecule has 0 radical (unpaired) electrons. The second-order valence-electron chi connectivity index (χ2n) is 7.92. The summed E-state index contributed by atoms with van der Waals surface area (Å²) in [6.45, 7) is 0. The van der Waals surface area contributed by atoms with Crippen molar-refractivity contribution in [2.45, 2.75) is 44.9 Å². The summed E-state index contributed by atoms with van der Waals surface area (Å²) >= 11 is 0. The standard InChI is InChI=1S/C27H31NO5/c1-31-26(29)22(27(30)32-2)18-12-4-3-5-13-19-23-28-24(20-14-8-6-9-15-20)25(33-23)21-16-10-7-11-17-21/h6-11,14-17,22H,3-5,12-13,18-19H2,1-2H3. The average molecular weight is 450 g/mol. The van der Waals surface area contributed by atoms with Gasteiger partial charge in [0, 0.05) is 17.5 Å². The normalized spacial score (nSPS) is 10.9. The van der Waals surface area contributed by atoms with Crippen LogP contribution in [0.15, 0.2) is 65.1 Å². The Morgan fingerprint density at radius 2 is 1.33 bits per heavy atom. The molecule has 1 heterocycles. The number of hydrogen-bond donors (Lipinski definition) is 0. The lowest BCUT2D eigenvalue weighted by Gasteiger charge is -2.11. The number of unbranched alkanes of at least 4 members (excludes halogenated alkanes) is 4. The van der Waals surface area contributed by atoms with Crippen molar-refractivity contribution >= 4 is 11.9 Å². The van der Waals surface area contributed by atoms with Gasteiger partial charge in [-0.15, -0.1) is 0 Å². The van der Waals surface area contributed by atoms with Gasteiger partial charge in [-0.05, 0) is 12.8 Å². The average Bonchev–Trinajstić information content (AvgIpc) is 3.30. The number of oxazole rings is 1. The zero-order chi connectivity index (χ0) is 23.5. The second kappa shape index (κ2) is 12.6. The van der Waals surface area contributed by atoms with Gasteiger partial charge in [-0.2, -0.15) is 0 Å². The second-order valence-corrected chi connectivity index (χ2v) is 7.92. The van der Waals surface area contributed by atoms with Gasteiger partial charge in [0.05, 0.1) is 14.2 Å². The fourth-order valence-electron chi connectivity index (χ4n) is 3.82. The third-order valence-corrected chi connectivity index (χ3v) is 5.61. The monoisotopic (exact) mass is 449 g/mol. The lowest BCUT2D eigenvalue weighted by Crippen LogP contribution is -2.26. The van der Waals surface area contributed by atoms with Crippen LogP contribution in [0.1, 0.15) is 44.4 Å². The number of nitrogens with zero attached hydrogens (tertiary/aromatic N) is 1. The molecule has 0 aliphatic heterocycles. The highest BCUT2D eigenvalue weighted by Crippen LogP contribution is 2.33. The molecule has 6 nitrogen and oxygen atoms in total. The Balaban J connectivity index is 1.51. The van der Waals surface area contributed by atoms with Crippen molar-refractivity contribution < 1.29 is 23.5 Å². The molecule has 0 amide bonds. The molecule has 2 aromatic carbocycles. The van der Waals surface area contributed by atoms with Gasteiger partial charge in [0.25, 0.3) is 0 Å². The summed E-state index contributed by atoms with van der Waals surface area (Å²) in [6.07, 6.45) is 5.89. The topological polar surface area (TPSA) is 78.6 Å². The summed E-state index contributed by atoms with van der Waals surface area (Å²) < 4.78 is 15.6. The van der Waals surface area contributed by atoms with E-state index in [0.29, 0.717) is 6.42 Å². The Morgan fingerprint density at radius 3 is 1.94 bits per heavy atom. The van der Waals surface area contributed by atoms with Gasteiger partial charge in [-0.3, -0.25) is 9.59 Å². The number of hydrogen-bond acceptors (Lipinski definition) is 6. The summed E-state index contributed by atoms with van der Waals surface area (Å²) in [6, 6.07) is 20.1. The predicted octanol–water partition coefficient (Wildman–Crippen LogP) is 5.85. The molecule has 0 fully saturated rings. The predicted molar refractivity (Wildman–Crippen MR) is 126 cm³/mol. The summed E-state index contributed by atoms with van der Waals surface area (Å²) in [5, 5.41) is 0. The van der Waals surface area contributed by atoms with Crippen molar-refractivity contribution in [3.63, 3.8) is 0 Å². The first-order valence-electron chi connectivity index (χ1n) is 11.4. The lowest BCUT2D eigenvalue weighted by molar-refractivity contribution is -0.159. The van der Waals surface area contributed by atoms with Crippen LogP contribution in [0, 0.1) is 5.92 Å². The number of aromatic nitrogens is 1. The van der Waals surface area contributed by atoms with Crippen molar-refractivity contribution in [2.24, 2.45) is 5.92 Å². The maximum Gasteiger partial charge on any atom is 0.320 e. The van der Waals surface area contributed by atoms with E-state index in [1.54, 1.807) is 0 Å². The molecule has 0 spiro atoms. The molecule has 3 rings (SSSR count). The number of ether oxygens (including phenoxy) is 2. The molecule has 0 unspecified atom stereocenters. The number of benzene rings is 2. The van der Waals surface area contributed by atoms with E-state index in [-0.39, 0.29) is 0 Å². The fraction of sp³-hybridized carbons (Fsp3) is 0.370. The van der Waals surface area contributed by atoms with E-state index in [1.807, 2.05) is 60.7 Å².